The minimum Gasteiger partial charge on any atom is -0.103 e. The van der Waals surface area contributed by atoms with Gasteiger partial charge in [-0.2, -0.15) is 0 Å². The van der Waals surface area contributed by atoms with Crippen LogP contribution in [0.1, 0.15) is 32.1 Å². The van der Waals surface area contributed by atoms with E-state index in [1.165, 1.54) is 50.6 Å². The van der Waals surface area contributed by atoms with Gasteiger partial charge in [0.05, 0.1) is 0 Å². The van der Waals surface area contributed by atoms with Crippen molar-refractivity contribution in [3.8, 4) is 0 Å². The van der Waals surface area contributed by atoms with Gasteiger partial charge in [-0.05, 0) is 50.2 Å². The second kappa shape index (κ2) is 5.19. The van der Waals surface area contributed by atoms with Crippen molar-refractivity contribution in [2.24, 2.45) is 0 Å². The molecule has 1 heterocycles. The van der Waals surface area contributed by atoms with Crippen molar-refractivity contribution in [2.45, 2.75) is 32.1 Å². The Morgan fingerprint density at radius 1 is 1.25 bits per heavy atom. The quantitative estimate of drug-likeness (QED) is 0.381. The lowest BCUT2D eigenvalue weighted by atomic mass is 10.3. The van der Waals surface area contributed by atoms with E-state index in [0.29, 0.717) is 0 Å². The number of hydrogen-bond donors (Lipinski definition) is 0. The molecule has 0 nitrogen and oxygen atoms in total. The Balaban J connectivity index is 2.27. The average molecular weight is 202 g/mol. The zero-order chi connectivity index (χ0) is 8.86. The van der Waals surface area contributed by atoms with Gasteiger partial charge in [0.1, 0.15) is 0 Å². The fourth-order valence-electron chi connectivity index (χ4n) is 1.84. The molecule has 0 aliphatic carbocycles. The molecule has 0 N–H and O–H groups in total. The average Bonchev–Trinajstić information content (AvgIpc) is 2.06. The SMILES string of the molecule is C=CCCCP1(=S)CCCCC1. The number of hydrogen-bond acceptors (Lipinski definition) is 1. The van der Waals surface area contributed by atoms with E-state index in [1.807, 2.05) is 6.08 Å². The molecule has 2 heteroatoms. The Kier molecular flexibility index (Phi) is 4.53. The minimum absolute atomic E-state index is 0.858. The lowest BCUT2D eigenvalue weighted by molar-refractivity contribution is 0.747. The Hall–Kier alpha value is 0.390. The van der Waals surface area contributed by atoms with E-state index in [0.717, 1.165) is 0 Å². The largest absolute Gasteiger partial charge is 0.103 e. The second-order valence-electron chi connectivity index (χ2n) is 3.72. The minimum atomic E-state index is -0.858. The predicted molar refractivity (Wildman–Crippen MR) is 62.2 cm³/mol. The van der Waals surface area contributed by atoms with Crippen LogP contribution in [0.5, 0.6) is 0 Å². The van der Waals surface area contributed by atoms with Crippen LogP contribution in [-0.4, -0.2) is 18.5 Å². The van der Waals surface area contributed by atoms with Crippen LogP contribution in [0, 0.1) is 0 Å². The molecule has 0 aromatic carbocycles. The van der Waals surface area contributed by atoms with E-state index in [-0.39, 0.29) is 0 Å². The summed E-state index contributed by atoms with van der Waals surface area (Å²) in [7, 11) is 0. The highest BCUT2D eigenvalue weighted by molar-refractivity contribution is 8.14. The van der Waals surface area contributed by atoms with Crippen molar-refractivity contribution in [2.75, 3.05) is 18.5 Å². The summed E-state index contributed by atoms with van der Waals surface area (Å²) < 4.78 is 0. The first-order valence-electron chi connectivity index (χ1n) is 4.95. The van der Waals surface area contributed by atoms with Crippen molar-refractivity contribution in [3.63, 3.8) is 0 Å². The van der Waals surface area contributed by atoms with Gasteiger partial charge in [-0.1, -0.05) is 24.3 Å². The molecule has 0 amide bonds. The van der Waals surface area contributed by atoms with E-state index >= 15 is 0 Å². The summed E-state index contributed by atoms with van der Waals surface area (Å²) in [5, 5.41) is 0. The summed E-state index contributed by atoms with van der Waals surface area (Å²) >= 11 is 5.74. The van der Waals surface area contributed by atoms with Crippen molar-refractivity contribution in [1.29, 1.82) is 0 Å². The second-order valence-corrected chi connectivity index (χ2v) is 9.50. The summed E-state index contributed by atoms with van der Waals surface area (Å²) in [6, 6.07) is -0.858. The molecule has 0 aromatic rings. The van der Waals surface area contributed by atoms with E-state index in [4.69, 9.17) is 11.8 Å². The first-order valence-corrected chi connectivity index (χ1v) is 8.31. The van der Waals surface area contributed by atoms with E-state index in [9.17, 15) is 0 Å². The molecule has 0 radical (unpaired) electrons. The Morgan fingerprint density at radius 3 is 2.50 bits per heavy atom. The molecule has 0 bridgehead atoms. The maximum atomic E-state index is 5.74. The molecule has 1 aliphatic heterocycles. The fourth-order valence-corrected chi connectivity index (χ4v) is 6.03. The standard InChI is InChI=1S/C10H19PS/c1-2-3-5-8-11(12)9-6-4-7-10-11/h2H,1,3-10H2. The number of unbranched alkanes of at least 4 members (excludes halogenated alkanes) is 1. The molecule has 1 saturated heterocycles. The molecule has 1 rings (SSSR count). The van der Waals surface area contributed by atoms with Gasteiger partial charge in [0, 0.05) is 0 Å². The maximum Gasteiger partial charge on any atom is -0.0232 e. The van der Waals surface area contributed by atoms with Gasteiger partial charge in [0.25, 0.3) is 0 Å². The van der Waals surface area contributed by atoms with Crippen LogP contribution in [0.3, 0.4) is 0 Å². The van der Waals surface area contributed by atoms with Gasteiger partial charge in [-0.3, -0.25) is 0 Å². The van der Waals surface area contributed by atoms with Crippen LogP contribution < -0.4 is 0 Å². The van der Waals surface area contributed by atoms with Gasteiger partial charge in [0.15, 0.2) is 0 Å². The third-order valence-electron chi connectivity index (χ3n) is 2.61. The highest BCUT2D eigenvalue weighted by Crippen LogP contribution is 2.51. The molecule has 12 heavy (non-hydrogen) atoms. The molecule has 1 aliphatic rings. The van der Waals surface area contributed by atoms with E-state index in [1.54, 1.807) is 0 Å². The Labute approximate surface area is 81.4 Å². The topological polar surface area (TPSA) is 0 Å². The molecule has 1 fully saturated rings. The van der Waals surface area contributed by atoms with Crippen LogP contribution in [-0.2, 0) is 11.8 Å². The van der Waals surface area contributed by atoms with Crippen LogP contribution in [0.2, 0.25) is 0 Å². The molecule has 0 aromatic heterocycles. The third kappa shape index (κ3) is 3.41. The predicted octanol–water partition coefficient (Wildman–Crippen LogP) is 3.62. The molecule has 0 unspecified atom stereocenters. The summed E-state index contributed by atoms with van der Waals surface area (Å²) in [6.45, 7) is 3.74. The molecular weight excluding hydrogens is 183 g/mol. The number of rotatable bonds is 4. The summed E-state index contributed by atoms with van der Waals surface area (Å²) in [4.78, 5) is 0. The van der Waals surface area contributed by atoms with Gasteiger partial charge in [0.2, 0.25) is 0 Å². The monoisotopic (exact) mass is 202 g/mol. The molecular formula is C10H19PS. The molecule has 0 atom stereocenters. The van der Waals surface area contributed by atoms with Gasteiger partial charge >= 0.3 is 0 Å². The van der Waals surface area contributed by atoms with Crippen molar-refractivity contribution < 1.29 is 0 Å². The first kappa shape index (κ1) is 10.5. The van der Waals surface area contributed by atoms with Gasteiger partial charge in [-0.15, -0.1) is 6.58 Å². The summed E-state index contributed by atoms with van der Waals surface area (Å²) in [6.07, 6.45) is 12.8. The van der Waals surface area contributed by atoms with Crippen molar-refractivity contribution >= 4 is 17.8 Å². The summed E-state index contributed by atoms with van der Waals surface area (Å²) in [5.74, 6) is 0. The lowest BCUT2D eigenvalue weighted by Crippen LogP contribution is -2.05. The maximum absolute atomic E-state index is 5.74. The van der Waals surface area contributed by atoms with Crippen molar-refractivity contribution in [1.82, 2.24) is 0 Å². The number of allylic oxidation sites excluding steroid dienone is 1. The summed E-state index contributed by atoms with van der Waals surface area (Å²) in [5.41, 5.74) is 0. The van der Waals surface area contributed by atoms with Gasteiger partial charge in [-0.25, -0.2) is 0 Å². The lowest BCUT2D eigenvalue weighted by Gasteiger charge is -2.26. The van der Waals surface area contributed by atoms with Crippen LogP contribution in [0.15, 0.2) is 12.7 Å². The molecule has 70 valence electrons. The van der Waals surface area contributed by atoms with Crippen molar-refractivity contribution in [3.05, 3.63) is 12.7 Å². The molecule has 0 spiro atoms. The van der Waals surface area contributed by atoms with Gasteiger partial charge < -0.3 is 0 Å². The van der Waals surface area contributed by atoms with E-state index in [2.05, 4.69) is 6.58 Å². The zero-order valence-corrected chi connectivity index (χ0v) is 9.51. The van der Waals surface area contributed by atoms with E-state index < -0.39 is 6.04 Å². The zero-order valence-electron chi connectivity index (χ0n) is 7.80. The molecule has 0 saturated carbocycles. The van der Waals surface area contributed by atoms with Crippen LogP contribution in [0.4, 0.5) is 0 Å². The highest BCUT2D eigenvalue weighted by Gasteiger charge is 2.19. The van der Waals surface area contributed by atoms with Crippen LogP contribution in [0.25, 0.3) is 0 Å². The van der Waals surface area contributed by atoms with Crippen LogP contribution >= 0.6 is 6.04 Å². The first-order chi connectivity index (χ1) is 5.77. The fraction of sp³-hybridized carbons (Fsp3) is 0.800. The highest BCUT2D eigenvalue weighted by atomic mass is 32.4. The third-order valence-corrected chi connectivity index (χ3v) is 7.64. The Morgan fingerprint density at radius 2 is 1.92 bits per heavy atom. The smallest absolute Gasteiger partial charge is 0.0232 e. The normalized spacial score (nSPS) is 22.0. The Bertz CT molecular complexity index is 176.